The molecule has 0 aliphatic carbocycles. The van der Waals surface area contributed by atoms with Crippen molar-refractivity contribution in [3.63, 3.8) is 0 Å². The van der Waals surface area contributed by atoms with Crippen LogP contribution in [-0.4, -0.2) is 91.2 Å². The smallest absolute Gasteiger partial charge is 0.219 e. The van der Waals surface area contributed by atoms with Gasteiger partial charge in [0, 0.05) is 113 Å². The van der Waals surface area contributed by atoms with Crippen molar-refractivity contribution in [3.8, 4) is 5.88 Å². The van der Waals surface area contributed by atoms with E-state index in [9.17, 15) is 0 Å². The van der Waals surface area contributed by atoms with E-state index in [0.29, 0.717) is 5.88 Å². The molecule has 0 spiro atoms. The molecule has 0 aromatic carbocycles. The number of aryl methyl sites for hydroxylation is 40. The molecule has 0 radical (unpaired) electrons. The topological polar surface area (TPSA) is 252 Å². The Bertz CT molecular complexity index is 4340. The number of pyridine rings is 4. The zero-order valence-electron chi connectivity index (χ0n) is 78.2. The molecule has 0 aliphatic heterocycles. The molecule has 0 amide bonds. The van der Waals surface area contributed by atoms with E-state index in [1.807, 2.05) is 251 Å². The molecule has 0 unspecified atom stereocenters. The highest BCUT2D eigenvalue weighted by molar-refractivity contribution is 7.11. The second-order valence-corrected chi connectivity index (χ2v) is 31.7. The van der Waals surface area contributed by atoms with E-state index in [4.69, 9.17) is 18.0 Å². The summed E-state index contributed by atoms with van der Waals surface area (Å²) in [6.45, 7) is 80.1. The molecular weight excluding hydrogens is 1600 g/mol. The molecule has 13 heterocycles. The zero-order valence-corrected chi connectivity index (χ0v) is 79.8. The van der Waals surface area contributed by atoms with Crippen LogP contribution in [0.2, 0.25) is 0 Å². The van der Waals surface area contributed by atoms with Crippen molar-refractivity contribution in [2.45, 2.75) is 359 Å². The number of rotatable bonds is 1. The number of methoxy groups -OCH3 is 1. The second kappa shape index (κ2) is 68.1. The van der Waals surface area contributed by atoms with Gasteiger partial charge in [-0.05, 0) is 331 Å². The molecule has 0 aliphatic rings. The van der Waals surface area contributed by atoms with Gasteiger partial charge in [-0.3, -0.25) is 24.6 Å². The minimum atomic E-state index is 0. The molecule has 126 heavy (non-hydrogen) atoms. The number of hydrogen-bond acceptors (Lipinski definition) is 21. The molecule has 13 rings (SSSR count). The van der Waals surface area contributed by atoms with Crippen molar-refractivity contribution >= 4 is 22.7 Å². The largest absolute Gasteiger partial charge is 0.481 e. The van der Waals surface area contributed by atoms with Gasteiger partial charge in [0.25, 0.3) is 0 Å². The van der Waals surface area contributed by atoms with Crippen molar-refractivity contribution in [3.05, 3.63) is 274 Å². The molecule has 714 valence electrons. The Labute approximate surface area is 779 Å². The van der Waals surface area contributed by atoms with Gasteiger partial charge in [-0.1, -0.05) is 99.9 Å². The van der Waals surface area contributed by atoms with Crippen molar-refractivity contribution in [2.75, 3.05) is 7.11 Å². The van der Waals surface area contributed by atoms with Gasteiger partial charge in [0.1, 0.15) is 52.2 Å². The summed E-state index contributed by atoms with van der Waals surface area (Å²) in [5.74, 6) is 10.5. The maximum Gasteiger partial charge on any atom is 0.219 e. The highest BCUT2D eigenvalue weighted by atomic mass is 32.1. The van der Waals surface area contributed by atoms with E-state index in [-0.39, 0.29) is 81.7 Å². The van der Waals surface area contributed by atoms with E-state index in [2.05, 4.69) is 168 Å². The fourth-order valence-corrected chi connectivity index (χ4v) is 11.6. The van der Waals surface area contributed by atoms with Crippen molar-refractivity contribution < 1.29 is 18.0 Å². The number of furan rings is 1. The first-order chi connectivity index (χ1) is 53.3. The van der Waals surface area contributed by atoms with Gasteiger partial charge in [-0.2, -0.15) is 10.1 Å². The average Bonchev–Trinajstić information content (AvgIpc) is 0.898. The van der Waals surface area contributed by atoms with E-state index in [1.165, 1.54) is 75.7 Å². The van der Waals surface area contributed by atoms with E-state index in [1.54, 1.807) is 34.5 Å². The van der Waals surface area contributed by atoms with Crippen LogP contribution >= 0.6 is 22.7 Å². The third-order valence-electron chi connectivity index (χ3n) is 18.4. The maximum absolute atomic E-state index is 5.21. The van der Waals surface area contributed by atoms with Crippen LogP contribution in [0.1, 0.15) is 306 Å². The summed E-state index contributed by atoms with van der Waals surface area (Å²) >= 11 is 3.52. The van der Waals surface area contributed by atoms with Crippen LogP contribution in [0.15, 0.2) is 62.0 Å². The van der Waals surface area contributed by atoms with Gasteiger partial charge in [-0.15, -0.1) is 22.7 Å². The summed E-state index contributed by atoms with van der Waals surface area (Å²) in [7, 11) is 5.50. The lowest BCUT2D eigenvalue weighted by atomic mass is 10.1. The highest BCUT2D eigenvalue weighted by Crippen LogP contribution is 2.19. The lowest BCUT2D eigenvalue weighted by Gasteiger charge is -2.05. The Morgan fingerprint density at radius 1 is 0.286 bits per heavy atom. The summed E-state index contributed by atoms with van der Waals surface area (Å²) in [5.41, 5.74) is 29.0. The maximum atomic E-state index is 5.21. The first-order valence-corrected chi connectivity index (χ1v) is 40.2. The van der Waals surface area contributed by atoms with E-state index < -0.39 is 0 Å². The Hall–Kier alpha value is -10.1. The summed E-state index contributed by atoms with van der Waals surface area (Å²) in [5, 5.41) is 6.35. The molecule has 23 heteroatoms. The quantitative estimate of drug-likeness (QED) is 0.148. The fraction of sp³-hybridized carbons (Fsp3) is 0.524. The molecule has 0 atom stereocenters. The SMILES string of the molecule is C.C.C.C.C.C.C.C.C.C.C.COc1nc(C)nc(C)c1C.Cc1cc(C)c(C)c(C)n1.Cc1cc(C)c(C)nc1C.Cc1cc(C)c(C)nc1C.Cc1cc(C)c(C)o1.Cc1ccc(C)c(C)n1.Cc1cn(C)c(C)n1.Cc1nc(C)c(C)o1.Cc1nc(C)c(C)o1.Cc1nc(C)c(C)s1.Cc1nc(C)c(C)s1.Cc1nc(C)n(C)n1.Cc1ncc(C)c(C)n1. The number of imidazole rings is 1. The number of thiazole rings is 2. The van der Waals surface area contributed by atoms with E-state index >= 15 is 0 Å². The summed E-state index contributed by atoms with van der Waals surface area (Å²) < 4.78 is 24.2. The number of aromatic nitrogens is 17. The van der Waals surface area contributed by atoms with Crippen LogP contribution in [0.4, 0.5) is 0 Å². The lowest BCUT2D eigenvalue weighted by Crippen LogP contribution is -1.99. The molecule has 0 bridgehead atoms. The highest BCUT2D eigenvalue weighted by Gasteiger charge is 2.07. The predicted octanol–water partition coefficient (Wildman–Crippen LogP) is 29.8. The monoisotopic (exact) mass is 1780 g/mol. The summed E-state index contributed by atoms with van der Waals surface area (Å²) in [4.78, 5) is 61.3. The zero-order chi connectivity index (χ0) is 88.3. The third-order valence-corrected chi connectivity index (χ3v) is 20.3. The molecule has 21 nitrogen and oxygen atoms in total. The molecule has 0 fully saturated rings. The molecule has 0 saturated heterocycles. The van der Waals surface area contributed by atoms with Gasteiger partial charge in [0.05, 0.1) is 45.6 Å². The average molecular weight is 1790 g/mol. The lowest BCUT2D eigenvalue weighted by molar-refractivity contribution is 0.391. The third kappa shape index (κ3) is 52.7. The summed E-state index contributed by atoms with van der Waals surface area (Å²) in [6, 6.07) is 12.6. The molecule has 13 aromatic rings. The summed E-state index contributed by atoms with van der Waals surface area (Å²) in [6.07, 6.45) is 3.85. The van der Waals surface area contributed by atoms with Gasteiger partial charge in [0.2, 0.25) is 5.88 Å². The van der Waals surface area contributed by atoms with Gasteiger partial charge < -0.3 is 22.6 Å². The first kappa shape index (κ1) is 139. The number of hydrogen-bond donors (Lipinski definition) is 0. The van der Waals surface area contributed by atoms with Crippen LogP contribution < -0.4 is 4.74 Å². The number of oxazole rings is 2. The van der Waals surface area contributed by atoms with Crippen LogP contribution in [-0.2, 0) is 14.1 Å². The van der Waals surface area contributed by atoms with Crippen LogP contribution in [0.5, 0.6) is 5.88 Å². The van der Waals surface area contributed by atoms with Crippen molar-refractivity contribution in [1.82, 2.24) is 84.1 Å². The normalized spacial score (nSPS) is 9.01. The minimum absolute atomic E-state index is 0. The number of nitrogens with zero attached hydrogens (tertiary/aromatic N) is 17. The van der Waals surface area contributed by atoms with Crippen molar-refractivity contribution in [1.29, 1.82) is 0 Å². The molecule has 0 saturated carbocycles. The van der Waals surface area contributed by atoms with Crippen LogP contribution in [0.3, 0.4) is 0 Å². The first-order valence-electron chi connectivity index (χ1n) is 38.5. The van der Waals surface area contributed by atoms with Crippen LogP contribution in [0.25, 0.3) is 0 Å². The van der Waals surface area contributed by atoms with E-state index in [0.717, 1.165) is 149 Å². The predicted molar refractivity (Wildman–Crippen MR) is 551 cm³/mol. The Morgan fingerprint density at radius 2 is 0.675 bits per heavy atom. The van der Waals surface area contributed by atoms with Gasteiger partial charge in [-0.25, -0.2) is 44.9 Å². The standard InChI is InChI=1S/3C9H13N.C8H12N2O.C8H11N.C7H10N2.C7H10O.C6H10N2.2C6H9NO.2C6H9NS.C5H9N3.11CH4/c1-6-5-7(2)10-9(4)8(6)3;2*1-6-5-7(2)9(4)10-8(6)3;1-5-6(2)9-7(3)10-8(5)11-4;1-6-4-5-7(2)9-8(6)3;1-5-4-8-7(3)9-6(5)2;1-5-4-6(2)8-7(5)3;1-5-4-8(3)6(2)7-5;4*1-4-5(2)8-6(3)7-4;1-4-6-5(2)8(3)7-4;;;;;;;;;;;/h3*5H,1-4H3;1-4H3;4-5H,1-3H3;4H,1-3H3;2*4H,1-3H3;5*1-3H3;11*1H4. The van der Waals surface area contributed by atoms with Crippen LogP contribution in [0, 0.1) is 277 Å². The molecule has 13 aromatic heterocycles. The minimum Gasteiger partial charge on any atom is -0.481 e. The Balaban J connectivity index is -0.000000126. The Morgan fingerprint density at radius 3 is 0.889 bits per heavy atom. The van der Waals surface area contributed by atoms with Crippen molar-refractivity contribution in [2.24, 2.45) is 14.1 Å². The van der Waals surface area contributed by atoms with Gasteiger partial charge in [0.15, 0.2) is 11.8 Å². The number of ether oxygens (including phenoxy) is 1. The molecular formula is C103H181N17O4S2. The molecule has 0 N–H and O–H groups in total. The fourth-order valence-electron chi connectivity index (χ4n) is 9.99. The Kier molecular flexibility index (Phi) is 75.2. The second-order valence-electron chi connectivity index (χ2n) is 28.9. The van der Waals surface area contributed by atoms with Gasteiger partial charge >= 0.3 is 0 Å².